The van der Waals surface area contributed by atoms with E-state index in [-0.39, 0.29) is 0 Å². The van der Waals surface area contributed by atoms with Crippen LogP contribution in [0.4, 0.5) is 0 Å². The lowest BCUT2D eigenvalue weighted by Crippen LogP contribution is -2.34. The first-order valence-corrected chi connectivity index (χ1v) is 7.18. The Bertz CT molecular complexity index is 364. The van der Waals surface area contributed by atoms with E-state index in [0.29, 0.717) is 17.9 Å². The van der Waals surface area contributed by atoms with Crippen molar-refractivity contribution in [1.82, 2.24) is 15.5 Å². The van der Waals surface area contributed by atoms with Gasteiger partial charge in [-0.15, -0.1) is 0 Å². The van der Waals surface area contributed by atoms with E-state index >= 15 is 0 Å². The van der Waals surface area contributed by atoms with Gasteiger partial charge in [-0.25, -0.2) is 0 Å². The van der Waals surface area contributed by atoms with Crippen LogP contribution in [0.15, 0.2) is 4.52 Å². The Morgan fingerprint density at radius 1 is 1.44 bits per heavy atom. The average Bonchev–Trinajstić information content (AvgIpc) is 2.85. The predicted molar refractivity (Wildman–Crippen MR) is 63.8 cm³/mol. The lowest BCUT2D eigenvalue weighted by atomic mass is 10.0. The van der Waals surface area contributed by atoms with Crippen molar-refractivity contribution in [1.29, 1.82) is 0 Å². The van der Waals surface area contributed by atoms with Crippen LogP contribution >= 0.6 is 11.8 Å². The SMILES string of the molecule is CCNC1CSCC1c1nc(C2CC2)no1. The van der Waals surface area contributed by atoms with E-state index in [9.17, 15) is 0 Å². The van der Waals surface area contributed by atoms with E-state index in [1.165, 1.54) is 12.8 Å². The molecule has 0 radical (unpaired) electrons. The van der Waals surface area contributed by atoms with Gasteiger partial charge in [0, 0.05) is 23.5 Å². The molecule has 5 heteroatoms. The summed E-state index contributed by atoms with van der Waals surface area (Å²) in [6.45, 7) is 3.15. The van der Waals surface area contributed by atoms with Crippen molar-refractivity contribution in [3.8, 4) is 0 Å². The lowest BCUT2D eigenvalue weighted by Gasteiger charge is -2.15. The highest BCUT2D eigenvalue weighted by Gasteiger charge is 2.35. The molecule has 1 aliphatic heterocycles. The number of thioether (sulfide) groups is 1. The van der Waals surface area contributed by atoms with E-state index in [4.69, 9.17) is 4.52 Å². The van der Waals surface area contributed by atoms with Crippen molar-refractivity contribution in [2.45, 2.75) is 37.6 Å². The van der Waals surface area contributed by atoms with Gasteiger partial charge >= 0.3 is 0 Å². The van der Waals surface area contributed by atoms with Crippen molar-refractivity contribution in [3.63, 3.8) is 0 Å². The van der Waals surface area contributed by atoms with Crippen molar-refractivity contribution >= 4 is 11.8 Å². The first-order valence-electron chi connectivity index (χ1n) is 6.03. The van der Waals surface area contributed by atoms with Crippen LogP contribution in [-0.4, -0.2) is 34.2 Å². The van der Waals surface area contributed by atoms with Gasteiger partial charge in [0.1, 0.15) is 0 Å². The van der Waals surface area contributed by atoms with Crippen LogP contribution < -0.4 is 5.32 Å². The fourth-order valence-electron chi connectivity index (χ4n) is 2.17. The van der Waals surface area contributed by atoms with Crippen LogP contribution in [0.3, 0.4) is 0 Å². The maximum Gasteiger partial charge on any atom is 0.232 e. The van der Waals surface area contributed by atoms with E-state index in [1.54, 1.807) is 0 Å². The van der Waals surface area contributed by atoms with Gasteiger partial charge in [0.15, 0.2) is 5.82 Å². The largest absolute Gasteiger partial charge is 0.339 e. The summed E-state index contributed by atoms with van der Waals surface area (Å²) in [5.74, 6) is 5.03. The summed E-state index contributed by atoms with van der Waals surface area (Å²) in [7, 11) is 0. The lowest BCUT2D eigenvalue weighted by molar-refractivity contribution is 0.337. The van der Waals surface area contributed by atoms with Gasteiger partial charge in [-0.05, 0) is 19.4 Å². The summed E-state index contributed by atoms with van der Waals surface area (Å²) >= 11 is 1.97. The minimum absolute atomic E-state index is 0.407. The van der Waals surface area contributed by atoms with Crippen LogP contribution in [-0.2, 0) is 0 Å². The number of nitrogens with zero attached hydrogens (tertiary/aromatic N) is 2. The molecular weight excluding hydrogens is 222 g/mol. The molecule has 0 spiro atoms. The zero-order chi connectivity index (χ0) is 11.0. The van der Waals surface area contributed by atoms with Crippen LogP contribution in [0.5, 0.6) is 0 Å². The highest BCUT2D eigenvalue weighted by atomic mass is 32.2. The number of hydrogen-bond acceptors (Lipinski definition) is 5. The van der Waals surface area contributed by atoms with Crippen molar-refractivity contribution < 1.29 is 4.52 Å². The summed E-state index contributed by atoms with van der Waals surface area (Å²) in [4.78, 5) is 4.56. The van der Waals surface area contributed by atoms with E-state index < -0.39 is 0 Å². The van der Waals surface area contributed by atoms with Gasteiger partial charge < -0.3 is 9.84 Å². The molecule has 2 unspecified atom stereocenters. The predicted octanol–water partition coefficient (Wildman–Crippen LogP) is 1.76. The van der Waals surface area contributed by atoms with Gasteiger partial charge in [0.25, 0.3) is 0 Å². The Labute approximate surface area is 99.6 Å². The van der Waals surface area contributed by atoms with Crippen LogP contribution in [0, 0.1) is 0 Å². The topological polar surface area (TPSA) is 51.0 Å². The standard InChI is InChI=1S/C11H17N3OS/c1-2-12-9-6-16-5-8(9)11-13-10(14-15-11)7-3-4-7/h7-9,12H,2-6H2,1H3. The minimum Gasteiger partial charge on any atom is -0.339 e. The van der Waals surface area contributed by atoms with Gasteiger partial charge in [-0.2, -0.15) is 16.7 Å². The molecule has 16 heavy (non-hydrogen) atoms. The van der Waals surface area contributed by atoms with Crippen molar-refractivity contribution in [2.75, 3.05) is 18.1 Å². The van der Waals surface area contributed by atoms with Gasteiger partial charge in [0.05, 0.1) is 5.92 Å². The third kappa shape index (κ3) is 1.98. The highest BCUT2D eigenvalue weighted by Crippen LogP contribution is 2.39. The Morgan fingerprint density at radius 3 is 3.06 bits per heavy atom. The van der Waals surface area contributed by atoms with Crippen LogP contribution in [0.2, 0.25) is 0 Å². The maximum atomic E-state index is 5.41. The van der Waals surface area contributed by atoms with Gasteiger partial charge in [0.2, 0.25) is 5.89 Å². The monoisotopic (exact) mass is 239 g/mol. The molecule has 0 bridgehead atoms. The summed E-state index contributed by atoms with van der Waals surface area (Å²) < 4.78 is 5.41. The summed E-state index contributed by atoms with van der Waals surface area (Å²) in [6.07, 6.45) is 2.46. The molecule has 2 heterocycles. The van der Waals surface area contributed by atoms with E-state index in [2.05, 4.69) is 22.4 Å². The minimum atomic E-state index is 0.407. The molecule has 1 aromatic rings. The molecule has 88 valence electrons. The average molecular weight is 239 g/mol. The summed E-state index contributed by atoms with van der Waals surface area (Å²) in [5.41, 5.74) is 0. The fraction of sp³-hybridized carbons (Fsp3) is 0.818. The Balaban J connectivity index is 1.73. The second kappa shape index (κ2) is 4.37. The Morgan fingerprint density at radius 2 is 2.31 bits per heavy atom. The third-order valence-corrected chi connectivity index (χ3v) is 4.45. The quantitative estimate of drug-likeness (QED) is 0.867. The molecule has 1 saturated carbocycles. The summed E-state index contributed by atoms with van der Waals surface area (Å²) in [6, 6.07) is 0.502. The molecule has 1 aliphatic carbocycles. The number of hydrogen-bond donors (Lipinski definition) is 1. The molecule has 0 amide bonds. The zero-order valence-electron chi connectivity index (χ0n) is 9.48. The van der Waals surface area contributed by atoms with E-state index in [0.717, 1.165) is 29.8 Å². The van der Waals surface area contributed by atoms with Crippen LogP contribution in [0.1, 0.15) is 43.3 Å². The fourth-order valence-corrected chi connectivity index (χ4v) is 3.54. The number of nitrogens with one attached hydrogen (secondary N) is 1. The van der Waals surface area contributed by atoms with Gasteiger partial charge in [-0.1, -0.05) is 12.1 Å². The molecule has 1 aromatic heterocycles. The Kier molecular flexibility index (Phi) is 2.90. The molecular formula is C11H17N3OS. The maximum absolute atomic E-state index is 5.41. The normalized spacial score (nSPS) is 29.8. The second-order valence-corrected chi connectivity index (χ2v) is 5.65. The Hall–Kier alpha value is -0.550. The van der Waals surface area contributed by atoms with Gasteiger partial charge in [-0.3, -0.25) is 0 Å². The van der Waals surface area contributed by atoms with Crippen molar-refractivity contribution in [3.05, 3.63) is 11.7 Å². The first-order chi connectivity index (χ1) is 7.88. The number of likely N-dealkylation sites (N-methyl/N-ethyl adjacent to an activating group) is 1. The first kappa shape index (κ1) is 10.6. The summed E-state index contributed by atoms with van der Waals surface area (Å²) in [5, 5.41) is 7.59. The number of aromatic nitrogens is 2. The molecule has 3 rings (SSSR count). The van der Waals surface area contributed by atoms with Crippen molar-refractivity contribution in [2.24, 2.45) is 0 Å². The third-order valence-electron chi connectivity index (χ3n) is 3.26. The molecule has 2 atom stereocenters. The zero-order valence-corrected chi connectivity index (χ0v) is 10.3. The second-order valence-electron chi connectivity index (χ2n) is 4.57. The molecule has 4 nitrogen and oxygen atoms in total. The smallest absolute Gasteiger partial charge is 0.232 e. The molecule has 1 saturated heterocycles. The van der Waals surface area contributed by atoms with E-state index in [1.807, 2.05) is 11.8 Å². The highest BCUT2D eigenvalue weighted by molar-refractivity contribution is 7.99. The van der Waals surface area contributed by atoms with Crippen LogP contribution in [0.25, 0.3) is 0 Å². The molecule has 2 fully saturated rings. The molecule has 2 aliphatic rings. The molecule has 0 aromatic carbocycles. The molecule has 1 N–H and O–H groups in total. The number of rotatable bonds is 4.